The molecule has 1 aromatic carbocycles. The van der Waals surface area contributed by atoms with E-state index in [-0.39, 0.29) is 32.0 Å². The van der Waals surface area contributed by atoms with Gasteiger partial charge in [-0.3, -0.25) is 0 Å². The molecule has 1 aliphatic heterocycles. The summed E-state index contributed by atoms with van der Waals surface area (Å²) >= 11 is -2.72. The predicted octanol–water partition coefficient (Wildman–Crippen LogP) is 3.11. The fourth-order valence-corrected chi connectivity index (χ4v) is 8.64. The summed E-state index contributed by atoms with van der Waals surface area (Å²) < 4.78 is 11.6. The van der Waals surface area contributed by atoms with Crippen molar-refractivity contribution < 1.29 is 28.7 Å². The third-order valence-corrected chi connectivity index (χ3v) is 13.0. The number of nitrogens with one attached hydrogen (secondary N) is 1. The third kappa shape index (κ3) is 4.59. The van der Waals surface area contributed by atoms with Crippen molar-refractivity contribution >= 4 is 42.1 Å². The number of hydrogen-bond acceptors (Lipinski definition) is 7. The minimum atomic E-state index is -2.72. The first kappa shape index (κ1) is 25.4. The van der Waals surface area contributed by atoms with Crippen LogP contribution < -0.4 is 5.43 Å². The van der Waals surface area contributed by atoms with Crippen LogP contribution in [0, 0.1) is 11.3 Å². The van der Waals surface area contributed by atoms with Gasteiger partial charge in [-0.25, -0.2) is 0 Å². The molecular formula is C24H32N2O6Sn. The van der Waals surface area contributed by atoms with E-state index in [2.05, 4.69) is 26.8 Å². The molecule has 0 bridgehead atoms. The van der Waals surface area contributed by atoms with Crippen LogP contribution in [0.5, 0.6) is 0 Å². The number of carbonyl (C=O) groups excluding carboxylic acids is 4. The van der Waals surface area contributed by atoms with Crippen LogP contribution in [0.1, 0.15) is 47.4 Å². The summed E-state index contributed by atoms with van der Waals surface area (Å²) in [4.78, 5) is 58.7. The number of ether oxygens (including phenoxy) is 2. The monoisotopic (exact) mass is 564 g/mol. The maximum atomic E-state index is 13.1. The molecule has 1 heterocycles. The molecule has 2 atom stereocenters. The van der Waals surface area contributed by atoms with Gasteiger partial charge < -0.3 is 0 Å². The molecular weight excluding hydrogens is 531 g/mol. The predicted molar refractivity (Wildman–Crippen MR) is 125 cm³/mol. The van der Waals surface area contributed by atoms with Crippen molar-refractivity contribution in [1.82, 2.24) is 10.4 Å². The molecule has 1 fully saturated rings. The van der Waals surface area contributed by atoms with Gasteiger partial charge >= 0.3 is 199 Å². The SMILES string of the molecule is C=[C]([C@H]1CC(C(=O)OCC)(C(=O)OCC)C[C@H]1NN1C(=O)c2ccccc2C1=O)[Sn]([CH3])([CH3])[CH3]. The Hall–Kier alpha value is -2.20. The van der Waals surface area contributed by atoms with E-state index in [0.29, 0.717) is 11.1 Å². The molecule has 0 saturated heterocycles. The molecule has 0 spiro atoms. The Morgan fingerprint density at radius 2 is 1.52 bits per heavy atom. The fourth-order valence-electron chi connectivity index (χ4n) is 4.60. The molecule has 1 aliphatic carbocycles. The standard InChI is InChI=1S/C21H23N2O6.3CH3.Sn/c1-4-13-11-21(19(26)28-5-2,20(27)29-6-3)12-16(13)22-23-17(24)14-9-7-8-10-15(14)18(23)25;;;;/h7-10,13,16,22H,1,5-6,11-12H2,2-3H3;3*1H3;/t13-,16+;;;;/m0..../s1. The maximum absolute atomic E-state index is 13.1. The number of imide groups is 1. The summed E-state index contributed by atoms with van der Waals surface area (Å²) in [7, 11) is 0. The molecule has 1 N–H and O–H groups in total. The van der Waals surface area contributed by atoms with Gasteiger partial charge in [0.15, 0.2) is 0 Å². The number of benzene rings is 1. The van der Waals surface area contributed by atoms with Gasteiger partial charge in [0.05, 0.1) is 0 Å². The number of hydrogen-bond donors (Lipinski definition) is 1. The number of fused-ring (bicyclic) bond motifs is 1. The first-order valence-electron chi connectivity index (χ1n) is 11.3. The van der Waals surface area contributed by atoms with Crippen molar-refractivity contribution in [3.05, 3.63) is 45.6 Å². The van der Waals surface area contributed by atoms with Crippen molar-refractivity contribution in [2.45, 2.75) is 47.5 Å². The fraction of sp³-hybridized carbons (Fsp3) is 0.500. The molecule has 9 heteroatoms. The second-order valence-corrected chi connectivity index (χ2v) is 24.2. The Bertz CT molecular complexity index is 946. The van der Waals surface area contributed by atoms with E-state index >= 15 is 0 Å². The summed E-state index contributed by atoms with van der Waals surface area (Å²) in [6.07, 6.45) is 0.211. The van der Waals surface area contributed by atoms with Gasteiger partial charge in [-0.05, 0) is 0 Å². The van der Waals surface area contributed by atoms with Crippen molar-refractivity contribution in [3.63, 3.8) is 0 Å². The van der Waals surface area contributed by atoms with Gasteiger partial charge in [0.1, 0.15) is 0 Å². The first-order chi connectivity index (χ1) is 15.5. The quantitative estimate of drug-likeness (QED) is 0.225. The zero-order chi connectivity index (χ0) is 24.6. The van der Waals surface area contributed by atoms with E-state index in [4.69, 9.17) is 9.47 Å². The molecule has 8 nitrogen and oxygen atoms in total. The van der Waals surface area contributed by atoms with E-state index in [9.17, 15) is 19.2 Å². The average Bonchev–Trinajstić information content (AvgIpc) is 3.26. The summed E-state index contributed by atoms with van der Waals surface area (Å²) in [5.74, 6) is -2.49. The molecule has 0 radical (unpaired) electrons. The Labute approximate surface area is 198 Å². The van der Waals surface area contributed by atoms with Gasteiger partial charge in [-0.2, -0.15) is 0 Å². The zero-order valence-electron chi connectivity index (χ0n) is 19.9. The summed E-state index contributed by atoms with van der Waals surface area (Å²) in [5, 5.41) is 1.00. The molecule has 33 heavy (non-hydrogen) atoms. The molecule has 2 amide bonds. The Balaban J connectivity index is 1.99. The Kier molecular flexibility index (Phi) is 7.38. The van der Waals surface area contributed by atoms with Gasteiger partial charge in [-0.15, -0.1) is 0 Å². The molecule has 2 aliphatic rings. The molecule has 178 valence electrons. The third-order valence-electron chi connectivity index (χ3n) is 6.45. The van der Waals surface area contributed by atoms with Gasteiger partial charge in [0, 0.05) is 0 Å². The first-order valence-corrected chi connectivity index (χ1v) is 21.2. The minimum absolute atomic E-state index is 0.0453. The molecule has 0 unspecified atom stereocenters. The Morgan fingerprint density at radius 3 is 1.94 bits per heavy atom. The van der Waals surface area contributed by atoms with Gasteiger partial charge in [0.25, 0.3) is 0 Å². The zero-order valence-corrected chi connectivity index (χ0v) is 22.8. The summed E-state index contributed by atoms with van der Waals surface area (Å²) in [5.41, 5.74) is 2.19. The van der Waals surface area contributed by atoms with Crippen LogP contribution in [0.2, 0.25) is 14.8 Å². The van der Waals surface area contributed by atoms with Crippen LogP contribution >= 0.6 is 0 Å². The summed E-state index contributed by atoms with van der Waals surface area (Å²) in [6.45, 7) is 7.96. The molecule has 1 aromatic rings. The second kappa shape index (κ2) is 9.58. The number of carbonyl (C=O) groups is 4. The van der Waals surface area contributed by atoms with E-state index < -0.39 is 53.6 Å². The average molecular weight is 563 g/mol. The number of hydrazine groups is 1. The van der Waals surface area contributed by atoms with E-state index in [0.717, 1.165) is 8.60 Å². The number of esters is 2. The van der Waals surface area contributed by atoms with Gasteiger partial charge in [0.2, 0.25) is 0 Å². The van der Waals surface area contributed by atoms with Crippen LogP contribution in [0.25, 0.3) is 0 Å². The normalized spacial score (nSPS) is 21.7. The summed E-state index contributed by atoms with van der Waals surface area (Å²) in [6, 6.07) is 6.08. The number of nitrogens with zero attached hydrogens (tertiary/aromatic N) is 1. The van der Waals surface area contributed by atoms with Crippen LogP contribution in [-0.2, 0) is 19.1 Å². The van der Waals surface area contributed by atoms with Crippen molar-refractivity contribution in [2.24, 2.45) is 11.3 Å². The number of amides is 2. The molecule has 1 saturated carbocycles. The van der Waals surface area contributed by atoms with Crippen LogP contribution in [0.3, 0.4) is 0 Å². The molecule has 0 aromatic heterocycles. The van der Waals surface area contributed by atoms with Crippen LogP contribution in [0.15, 0.2) is 34.4 Å². The van der Waals surface area contributed by atoms with Crippen molar-refractivity contribution in [1.29, 1.82) is 0 Å². The second-order valence-electron chi connectivity index (χ2n) is 9.54. The Morgan fingerprint density at radius 1 is 1.03 bits per heavy atom. The van der Waals surface area contributed by atoms with Crippen LogP contribution in [-0.4, -0.2) is 66.4 Å². The van der Waals surface area contributed by atoms with Crippen molar-refractivity contribution in [2.75, 3.05) is 13.2 Å². The topological polar surface area (TPSA) is 102 Å². The van der Waals surface area contributed by atoms with E-state index in [1.807, 2.05) is 0 Å². The van der Waals surface area contributed by atoms with Gasteiger partial charge in [-0.1, -0.05) is 0 Å². The van der Waals surface area contributed by atoms with E-state index in [1.54, 1.807) is 38.1 Å². The number of rotatable bonds is 8. The van der Waals surface area contributed by atoms with E-state index in [1.165, 1.54) is 0 Å². The van der Waals surface area contributed by atoms with Crippen LogP contribution in [0.4, 0.5) is 0 Å². The molecule has 3 rings (SSSR count). The van der Waals surface area contributed by atoms with Crippen molar-refractivity contribution in [3.8, 4) is 0 Å².